The average Bonchev–Trinajstić information content (AvgIpc) is 2.98. The van der Waals surface area contributed by atoms with E-state index in [4.69, 9.17) is 0 Å². The minimum atomic E-state index is 0.0579. The third-order valence-electron chi connectivity index (χ3n) is 3.72. The number of hydrogen-bond acceptors (Lipinski definition) is 4. The zero-order valence-corrected chi connectivity index (χ0v) is 12.4. The molecule has 2 heterocycles. The molecule has 2 rings (SSSR count). The van der Waals surface area contributed by atoms with Crippen molar-refractivity contribution < 1.29 is 4.79 Å². The second-order valence-corrected chi connectivity index (χ2v) is 5.23. The van der Waals surface area contributed by atoms with Crippen molar-refractivity contribution in [3.8, 4) is 0 Å². The number of pyridine rings is 1. The lowest BCUT2D eigenvalue weighted by molar-refractivity contribution is 0.0783. The lowest BCUT2D eigenvalue weighted by Crippen LogP contribution is -2.35. The largest absolute Gasteiger partial charge is 0.383 e. The molecule has 1 aromatic rings. The SMILES string of the molecule is CCNc1cnccc1C(=O)N(C)CCN1CCCC1. The summed E-state index contributed by atoms with van der Waals surface area (Å²) in [6.45, 7) is 6.86. The van der Waals surface area contributed by atoms with Gasteiger partial charge in [0.25, 0.3) is 5.91 Å². The van der Waals surface area contributed by atoms with Gasteiger partial charge in [0.2, 0.25) is 0 Å². The van der Waals surface area contributed by atoms with Crippen molar-refractivity contribution in [3.05, 3.63) is 24.0 Å². The van der Waals surface area contributed by atoms with Crippen molar-refractivity contribution in [2.24, 2.45) is 0 Å². The molecule has 0 spiro atoms. The Hall–Kier alpha value is -1.62. The van der Waals surface area contributed by atoms with Crippen molar-refractivity contribution in [2.45, 2.75) is 19.8 Å². The Morgan fingerprint density at radius 1 is 1.45 bits per heavy atom. The van der Waals surface area contributed by atoms with Gasteiger partial charge in [0.15, 0.2) is 0 Å². The van der Waals surface area contributed by atoms with Crippen molar-refractivity contribution in [2.75, 3.05) is 45.1 Å². The average molecular weight is 276 g/mol. The van der Waals surface area contributed by atoms with Gasteiger partial charge < -0.3 is 15.1 Å². The third kappa shape index (κ3) is 3.70. The van der Waals surface area contributed by atoms with E-state index in [0.717, 1.165) is 25.3 Å². The minimum absolute atomic E-state index is 0.0579. The normalized spacial score (nSPS) is 15.3. The molecule has 0 radical (unpaired) electrons. The van der Waals surface area contributed by atoms with Gasteiger partial charge in [0.1, 0.15) is 0 Å². The first-order valence-electron chi connectivity index (χ1n) is 7.38. The highest BCUT2D eigenvalue weighted by Crippen LogP contribution is 2.15. The highest BCUT2D eigenvalue weighted by Gasteiger charge is 2.17. The van der Waals surface area contributed by atoms with E-state index in [0.29, 0.717) is 5.56 Å². The van der Waals surface area contributed by atoms with Gasteiger partial charge in [-0.25, -0.2) is 0 Å². The molecule has 5 nitrogen and oxygen atoms in total. The van der Waals surface area contributed by atoms with Crippen molar-refractivity contribution in [1.29, 1.82) is 0 Å². The predicted octanol–water partition coefficient (Wildman–Crippen LogP) is 1.68. The first-order valence-corrected chi connectivity index (χ1v) is 7.38. The molecule has 0 saturated carbocycles. The fraction of sp³-hybridized carbons (Fsp3) is 0.600. The predicted molar refractivity (Wildman–Crippen MR) is 81.0 cm³/mol. The number of anilines is 1. The molecular weight excluding hydrogens is 252 g/mol. The van der Waals surface area contributed by atoms with Crippen LogP contribution in [0, 0.1) is 0 Å². The summed E-state index contributed by atoms with van der Waals surface area (Å²) in [5.74, 6) is 0.0579. The quantitative estimate of drug-likeness (QED) is 0.859. The zero-order chi connectivity index (χ0) is 14.4. The fourth-order valence-corrected chi connectivity index (χ4v) is 2.52. The van der Waals surface area contributed by atoms with Gasteiger partial charge >= 0.3 is 0 Å². The molecule has 0 aliphatic carbocycles. The number of likely N-dealkylation sites (tertiary alicyclic amines) is 1. The number of amides is 1. The lowest BCUT2D eigenvalue weighted by atomic mass is 10.2. The lowest BCUT2D eigenvalue weighted by Gasteiger charge is -2.22. The number of carbonyl (C=O) groups is 1. The van der Waals surface area contributed by atoms with Crippen LogP contribution in [0.4, 0.5) is 5.69 Å². The fourth-order valence-electron chi connectivity index (χ4n) is 2.52. The van der Waals surface area contributed by atoms with Crippen LogP contribution in [0.1, 0.15) is 30.1 Å². The Labute approximate surface area is 121 Å². The Morgan fingerprint density at radius 2 is 2.20 bits per heavy atom. The molecule has 1 amide bonds. The van der Waals surface area contributed by atoms with E-state index in [-0.39, 0.29) is 5.91 Å². The maximum Gasteiger partial charge on any atom is 0.255 e. The number of hydrogen-bond donors (Lipinski definition) is 1. The van der Waals surface area contributed by atoms with Crippen LogP contribution < -0.4 is 5.32 Å². The number of rotatable bonds is 6. The van der Waals surface area contributed by atoms with Crippen LogP contribution in [-0.2, 0) is 0 Å². The molecular formula is C15H24N4O. The van der Waals surface area contributed by atoms with Crippen LogP contribution in [-0.4, -0.2) is 60.5 Å². The van der Waals surface area contributed by atoms with Crippen molar-refractivity contribution in [3.63, 3.8) is 0 Å². The Morgan fingerprint density at radius 3 is 2.90 bits per heavy atom. The van der Waals surface area contributed by atoms with Gasteiger partial charge in [-0.15, -0.1) is 0 Å². The van der Waals surface area contributed by atoms with Crippen molar-refractivity contribution >= 4 is 11.6 Å². The van der Waals surface area contributed by atoms with Gasteiger partial charge in [-0.2, -0.15) is 0 Å². The summed E-state index contributed by atoms with van der Waals surface area (Å²) in [5.41, 5.74) is 1.51. The molecule has 1 aliphatic rings. The zero-order valence-electron chi connectivity index (χ0n) is 12.4. The van der Waals surface area contributed by atoms with Crippen molar-refractivity contribution in [1.82, 2.24) is 14.8 Å². The van der Waals surface area contributed by atoms with E-state index in [1.54, 1.807) is 23.4 Å². The summed E-state index contributed by atoms with van der Waals surface area (Å²) in [6.07, 6.45) is 5.95. The van der Waals surface area contributed by atoms with Gasteiger partial charge in [0.05, 0.1) is 17.4 Å². The van der Waals surface area contributed by atoms with E-state index in [1.165, 1.54) is 25.9 Å². The third-order valence-corrected chi connectivity index (χ3v) is 3.72. The molecule has 0 bridgehead atoms. The van der Waals surface area contributed by atoms with Crippen LogP contribution in [0.25, 0.3) is 0 Å². The standard InChI is InChI=1S/C15H24N4O/c1-3-17-14-12-16-7-6-13(14)15(20)18(2)10-11-19-8-4-5-9-19/h6-7,12,17H,3-5,8-11H2,1-2H3. The van der Waals surface area contributed by atoms with Gasteiger partial charge in [-0.3, -0.25) is 9.78 Å². The Bertz CT molecular complexity index is 443. The number of aromatic nitrogens is 1. The first-order chi connectivity index (χ1) is 9.72. The Kier molecular flexibility index (Phi) is 5.35. The highest BCUT2D eigenvalue weighted by atomic mass is 16.2. The summed E-state index contributed by atoms with van der Waals surface area (Å²) < 4.78 is 0. The van der Waals surface area contributed by atoms with Crippen LogP contribution in [0.3, 0.4) is 0 Å². The maximum absolute atomic E-state index is 12.5. The number of carbonyl (C=O) groups excluding carboxylic acids is 1. The summed E-state index contributed by atoms with van der Waals surface area (Å²) in [7, 11) is 1.87. The molecule has 5 heteroatoms. The molecule has 1 aliphatic heterocycles. The van der Waals surface area contributed by atoms with E-state index in [9.17, 15) is 4.79 Å². The highest BCUT2D eigenvalue weighted by molar-refractivity contribution is 5.99. The van der Waals surface area contributed by atoms with E-state index >= 15 is 0 Å². The van der Waals surface area contributed by atoms with Gasteiger partial charge in [-0.05, 0) is 38.9 Å². The molecule has 1 N–H and O–H groups in total. The number of nitrogens with zero attached hydrogens (tertiary/aromatic N) is 3. The van der Waals surface area contributed by atoms with Crippen LogP contribution in [0.15, 0.2) is 18.5 Å². The second-order valence-electron chi connectivity index (χ2n) is 5.23. The van der Waals surface area contributed by atoms with E-state index in [1.807, 2.05) is 14.0 Å². The smallest absolute Gasteiger partial charge is 0.255 e. The molecule has 1 aromatic heterocycles. The molecule has 0 unspecified atom stereocenters. The maximum atomic E-state index is 12.5. The summed E-state index contributed by atoms with van der Waals surface area (Å²) >= 11 is 0. The van der Waals surface area contributed by atoms with Crippen LogP contribution >= 0.6 is 0 Å². The molecule has 0 atom stereocenters. The molecule has 1 fully saturated rings. The Balaban J connectivity index is 1.95. The van der Waals surface area contributed by atoms with Crippen LogP contribution in [0.5, 0.6) is 0 Å². The summed E-state index contributed by atoms with van der Waals surface area (Å²) in [5, 5.41) is 3.19. The van der Waals surface area contributed by atoms with Crippen LogP contribution in [0.2, 0.25) is 0 Å². The monoisotopic (exact) mass is 276 g/mol. The molecule has 0 aromatic carbocycles. The minimum Gasteiger partial charge on any atom is -0.383 e. The van der Waals surface area contributed by atoms with E-state index < -0.39 is 0 Å². The number of nitrogens with one attached hydrogen (secondary N) is 1. The van der Waals surface area contributed by atoms with Gasteiger partial charge in [0, 0.05) is 32.9 Å². The topological polar surface area (TPSA) is 48.5 Å². The molecule has 110 valence electrons. The molecule has 20 heavy (non-hydrogen) atoms. The van der Waals surface area contributed by atoms with E-state index in [2.05, 4.69) is 15.2 Å². The molecule has 1 saturated heterocycles. The summed E-state index contributed by atoms with van der Waals surface area (Å²) in [6, 6.07) is 1.78. The number of likely N-dealkylation sites (N-methyl/N-ethyl adjacent to an activating group) is 1. The second kappa shape index (κ2) is 7.24. The summed E-state index contributed by atoms with van der Waals surface area (Å²) in [4.78, 5) is 20.8. The first kappa shape index (κ1) is 14.8. The van der Waals surface area contributed by atoms with Gasteiger partial charge in [-0.1, -0.05) is 0 Å².